The van der Waals surface area contributed by atoms with E-state index in [-0.39, 0.29) is 31.9 Å². The van der Waals surface area contributed by atoms with Crippen molar-refractivity contribution in [1.82, 2.24) is 4.98 Å². The number of aromatic nitrogens is 1. The second-order valence-corrected chi connectivity index (χ2v) is 11.8. The molecule has 1 atom stereocenters. The van der Waals surface area contributed by atoms with Crippen LogP contribution in [0.15, 0.2) is 78.2 Å². The summed E-state index contributed by atoms with van der Waals surface area (Å²) in [6, 6.07) is 25.5. The van der Waals surface area contributed by atoms with E-state index in [1.54, 1.807) is 50.9 Å². The first-order valence-electron chi connectivity index (χ1n) is 13.6. The van der Waals surface area contributed by atoms with Crippen LogP contribution in [0.4, 0.5) is 5.69 Å². The second kappa shape index (κ2) is 17.7. The molecule has 2 aromatic heterocycles. The van der Waals surface area contributed by atoms with Crippen LogP contribution < -0.4 is 0 Å². The van der Waals surface area contributed by atoms with Crippen LogP contribution >= 0.6 is 22.7 Å². The van der Waals surface area contributed by atoms with Gasteiger partial charge in [-0.2, -0.15) is 28.2 Å². The van der Waals surface area contributed by atoms with E-state index in [0.29, 0.717) is 11.8 Å². The summed E-state index contributed by atoms with van der Waals surface area (Å²) in [4.78, 5) is 5.12. The normalized spacial score (nSPS) is 11.3. The van der Waals surface area contributed by atoms with Gasteiger partial charge in [0.15, 0.2) is 0 Å². The molecule has 0 radical (unpaired) electrons. The Hall–Kier alpha value is -2.16. The molecule has 41 heavy (non-hydrogen) atoms. The van der Waals surface area contributed by atoms with Crippen LogP contribution in [0, 0.1) is 5.38 Å². The van der Waals surface area contributed by atoms with Gasteiger partial charge in [0.1, 0.15) is 0 Å². The van der Waals surface area contributed by atoms with Crippen LogP contribution in [0.2, 0.25) is 0 Å². The van der Waals surface area contributed by atoms with Gasteiger partial charge >= 0.3 is 25.8 Å². The maximum absolute atomic E-state index is 5.44. The first kappa shape index (κ1) is 35.0. The smallest absolute Gasteiger partial charge is 0.672 e. The van der Waals surface area contributed by atoms with E-state index in [1.165, 1.54) is 21.2 Å². The number of nitrogens with zero attached hydrogens (tertiary/aromatic N) is 4. The molecular weight excluding hydrogens is 707 g/mol. The fraction of sp³-hybridized carbons (Fsp3) is 0.324. The zero-order valence-electron chi connectivity index (χ0n) is 25.3. The number of rotatable bonds is 7. The summed E-state index contributed by atoms with van der Waals surface area (Å²) in [5, 5.41) is 20.3. The monoisotopic (exact) mass is 748 g/mol. The van der Waals surface area contributed by atoms with Crippen LogP contribution in [0.5, 0.6) is 0 Å². The molecular formula is C34H40HfN4S2. The zero-order chi connectivity index (χ0) is 29.1. The number of thiophene rings is 1. The Kier molecular flexibility index (Phi) is 15.1. The van der Waals surface area contributed by atoms with Crippen LogP contribution in [0.25, 0.3) is 37.3 Å². The quantitative estimate of drug-likeness (QED) is 0.121. The minimum Gasteiger partial charge on any atom is -0.672 e. The molecule has 3 aromatic carbocycles. The van der Waals surface area contributed by atoms with Gasteiger partial charge in [-0.05, 0) is 29.0 Å². The van der Waals surface area contributed by atoms with E-state index in [2.05, 4.69) is 122 Å². The third-order valence-corrected chi connectivity index (χ3v) is 7.93. The summed E-state index contributed by atoms with van der Waals surface area (Å²) in [5.41, 5.74) is 6.93. The molecule has 2 heterocycles. The predicted octanol–water partition coefficient (Wildman–Crippen LogP) is 11.1. The van der Waals surface area contributed by atoms with Crippen molar-refractivity contribution in [2.75, 3.05) is 28.2 Å². The van der Waals surface area contributed by atoms with Crippen molar-refractivity contribution in [3.8, 4) is 11.3 Å². The Morgan fingerprint density at radius 3 is 1.88 bits per heavy atom. The number of hydrogen-bond acceptors (Lipinski definition) is 3. The van der Waals surface area contributed by atoms with Crippen molar-refractivity contribution in [1.29, 1.82) is 0 Å². The summed E-state index contributed by atoms with van der Waals surface area (Å²) >= 11 is 3.34. The molecule has 0 bridgehead atoms. The van der Waals surface area contributed by atoms with E-state index in [4.69, 9.17) is 10.3 Å². The molecule has 0 spiro atoms. The number of para-hydroxylation sites is 1. The van der Waals surface area contributed by atoms with Gasteiger partial charge in [0.05, 0.1) is 5.01 Å². The van der Waals surface area contributed by atoms with Gasteiger partial charge in [0.2, 0.25) is 0 Å². The topological polar surface area (TPSA) is 55.2 Å². The Labute approximate surface area is 273 Å². The molecule has 212 valence electrons. The van der Waals surface area contributed by atoms with Gasteiger partial charge in [-0.15, -0.1) is 34.0 Å². The Bertz CT molecular complexity index is 1420. The molecule has 0 aliphatic heterocycles. The van der Waals surface area contributed by atoms with Gasteiger partial charge in [0, 0.05) is 0 Å². The largest absolute Gasteiger partial charge is 4.00 e. The van der Waals surface area contributed by atoms with Crippen LogP contribution in [0.3, 0.4) is 0 Å². The number of fused-ring (bicyclic) bond motifs is 1. The van der Waals surface area contributed by atoms with Crippen molar-refractivity contribution < 1.29 is 25.8 Å². The van der Waals surface area contributed by atoms with Gasteiger partial charge in [-0.1, -0.05) is 121 Å². The van der Waals surface area contributed by atoms with E-state index in [1.807, 2.05) is 0 Å². The van der Waals surface area contributed by atoms with Gasteiger partial charge < -0.3 is 16.0 Å². The molecule has 0 N–H and O–H groups in total. The maximum atomic E-state index is 5.44. The molecule has 0 aliphatic rings. The summed E-state index contributed by atoms with van der Waals surface area (Å²) in [5.74, 6) is 0.792. The average molecular weight is 747 g/mol. The molecule has 7 heteroatoms. The maximum Gasteiger partial charge on any atom is 4.00 e. The number of thiazole rings is 1. The fourth-order valence-corrected chi connectivity index (χ4v) is 6.06. The summed E-state index contributed by atoms with van der Waals surface area (Å²) in [7, 11) is 7.00. The Balaban J connectivity index is 0.000000775. The minimum absolute atomic E-state index is 0. The fourth-order valence-electron chi connectivity index (χ4n) is 4.34. The molecule has 0 amide bonds. The van der Waals surface area contributed by atoms with Crippen molar-refractivity contribution >= 4 is 38.4 Å². The molecule has 1 unspecified atom stereocenters. The molecule has 0 aliphatic carbocycles. The van der Waals surface area contributed by atoms with Crippen molar-refractivity contribution in [3.63, 3.8) is 0 Å². The third kappa shape index (κ3) is 9.16. The molecule has 0 fully saturated rings. The first-order valence-corrected chi connectivity index (χ1v) is 15.2. The van der Waals surface area contributed by atoms with Gasteiger partial charge in [-0.25, -0.2) is 0 Å². The third-order valence-electron chi connectivity index (χ3n) is 6.15. The predicted molar refractivity (Wildman–Crippen MR) is 178 cm³/mol. The van der Waals surface area contributed by atoms with Crippen molar-refractivity contribution in [2.24, 2.45) is 0 Å². The zero-order valence-corrected chi connectivity index (χ0v) is 30.6. The standard InChI is InChI=1S/C30H28N2S2.2C2H6N.Hf/c1-19(2)22-14-10-15-23(20(3)4)29(22)32-28(21-11-6-5-7-12-21)30-31-26(18-34-30)25-17-33-27-16-9-8-13-24(25)27;2*1-3-2;/h5-16,18-20,28H,1-4H3;2*1-2H3;/q-2;2*-1;+4. The van der Waals surface area contributed by atoms with E-state index < -0.39 is 0 Å². The van der Waals surface area contributed by atoms with Crippen LogP contribution in [-0.2, 0) is 25.8 Å². The number of benzene rings is 3. The average Bonchev–Trinajstić information content (AvgIpc) is 3.60. The van der Waals surface area contributed by atoms with Gasteiger partial charge in [-0.3, -0.25) is 16.3 Å². The molecule has 0 saturated carbocycles. The summed E-state index contributed by atoms with van der Waals surface area (Å²) in [6.07, 6.45) is 0. The Morgan fingerprint density at radius 2 is 1.29 bits per heavy atom. The molecule has 0 saturated heterocycles. The van der Waals surface area contributed by atoms with E-state index in [0.717, 1.165) is 27.5 Å². The van der Waals surface area contributed by atoms with Crippen molar-refractivity contribution in [2.45, 2.75) is 45.6 Å². The van der Waals surface area contributed by atoms with Crippen LogP contribution in [-0.4, -0.2) is 33.2 Å². The van der Waals surface area contributed by atoms with Crippen molar-refractivity contribution in [3.05, 3.63) is 121 Å². The second-order valence-electron chi connectivity index (χ2n) is 10.1. The SMILES string of the molecule is CC(C)c1cccc(C(C)C)c1[N-]C(c1ccccc1)c1nc(-c2[c-]sc3ccccc23)cs1.C[N-]C.C[N-]C.[Hf+4]. The summed E-state index contributed by atoms with van der Waals surface area (Å²) in [6.45, 7) is 8.98. The summed E-state index contributed by atoms with van der Waals surface area (Å²) < 4.78 is 1.24. The number of hydrogen-bond donors (Lipinski definition) is 0. The Morgan fingerprint density at radius 1 is 0.732 bits per heavy atom. The van der Waals surface area contributed by atoms with Crippen LogP contribution in [0.1, 0.15) is 67.3 Å². The molecule has 5 rings (SSSR count). The van der Waals surface area contributed by atoms with Gasteiger partial charge in [0.25, 0.3) is 0 Å². The van der Waals surface area contributed by atoms with E-state index in [9.17, 15) is 0 Å². The minimum atomic E-state index is -0.151. The first-order chi connectivity index (χ1) is 19.4. The molecule has 4 nitrogen and oxygen atoms in total. The molecule has 5 aromatic rings. The van der Waals surface area contributed by atoms with E-state index >= 15 is 0 Å².